The van der Waals surface area contributed by atoms with Gasteiger partial charge in [-0.3, -0.25) is 4.79 Å². The van der Waals surface area contributed by atoms with E-state index in [1.807, 2.05) is 0 Å². The summed E-state index contributed by atoms with van der Waals surface area (Å²) in [6, 6.07) is 0. The molecule has 1 unspecified atom stereocenters. The summed E-state index contributed by atoms with van der Waals surface area (Å²) in [5.41, 5.74) is -0.238. The number of nitrogens with zero attached hydrogens (tertiary/aromatic N) is 2. The summed E-state index contributed by atoms with van der Waals surface area (Å²) < 4.78 is 6.28. The lowest BCUT2D eigenvalue weighted by Gasteiger charge is -2.33. The van der Waals surface area contributed by atoms with E-state index in [-0.39, 0.29) is 23.3 Å². The molecule has 0 aromatic heterocycles. The molecule has 2 heterocycles. The molecule has 2 fully saturated rings. The SMILES string of the molecule is C#CCCC1(CCC(=O)NCC2CCC3(CCCCC3)O2)N=N1. The standard InChI is InChI=1S/C18H27N3O2/c1-2-3-11-18(20-21-18)13-8-16(22)19-14-15-7-12-17(23-15)9-5-4-6-10-17/h1,15H,3-14H2,(H,19,22). The molecule has 1 spiro atoms. The van der Waals surface area contributed by atoms with E-state index in [4.69, 9.17) is 11.2 Å². The smallest absolute Gasteiger partial charge is 0.220 e. The van der Waals surface area contributed by atoms with Crippen molar-refractivity contribution in [1.82, 2.24) is 5.32 Å². The summed E-state index contributed by atoms with van der Waals surface area (Å²) >= 11 is 0. The van der Waals surface area contributed by atoms with Crippen LogP contribution in [0.4, 0.5) is 0 Å². The predicted molar refractivity (Wildman–Crippen MR) is 87.8 cm³/mol. The number of carbonyl (C=O) groups excluding carboxylic acids is 1. The highest BCUT2D eigenvalue weighted by molar-refractivity contribution is 5.76. The number of carbonyl (C=O) groups is 1. The van der Waals surface area contributed by atoms with E-state index in [9.17, 15) is 4.79 Å². The summed E-state index contributed by atoms with van der Waals surface area (Å²) in [5, 5.41) is 11.1. The van der Waals surface area contributed by atoms with Crippen LogP contribution in [0.25, 0.3) is 0 Å². The van der Waals surface area contributed by atoms with Gasteiger partial charge >= 0.3 is 0 Å². The molecule has 1 saturated heterocycles. The minimum Gasteiger partial charge on any atom is -0.370 e. The zero-order chi connectivity index (χ0) is 16.2. The van der Waals surface area contributed by atoms with Crippen LogP contribution in [0, 0.1) is 12.3 Å². The lowest BCUT2D eigenvalue weighted by Crippen LogP contribution is -2.36. The molecule has 1 aliphatic carbocycles. The van der Waals surface area contributed by atoms with Crippen molar-refractivity contribution < 1.29 is 9.53 Å². The normalized spacial score (nSPS) is 26.8. The molecule has 1 atom stereocenters. The van der Waals surface area contributed by atoms with Crippen molar-refractivity contribution in [1.29, 1.82) is 0 Å². The average molecular weight is 317 g/mol. The van der Waals surface area contributed by atoms with Crippen molar-refractivity contribution >= 4 is 5.91 Å². The van der Waals surface area contributed by atoms with Crippen molar-refractivity contribution in [3.05, 3.63) is 0 Å². The van der Waals surface area contributed by atoms with Crippen molar-refractivity contribution in [2.75, 3.05) is 6.54 Å². The van der Waals surface area contributed by atoms with Gasteiger partial charge in [-0.15, -0.1) is 12.3 Å². The van der Waals surface area contributed by atoms with Crippen LogP contribution in [0.3, 0.4) is 0 Å². The summed E-state index contributed by atoms with van der Waals surface area (Å²) in [5.74, 6) is 2.67. The van der Waals surface area contributed by atoms with Crippen molar-refractivity contribution in [2.24, 2.45) is 10.2 Å². The quantitative estimate of drug-likeness (QED) is 0.732. The van der Waals surface area contributed by atoms with Gasteiger partial charge < -0.3 is 10.1 Å². The van der Waals surface area contributed by atoms with E-state index < -0.39 is 0 Å². The van der Waals surface area contributed by atoms with Crippen molar-refractivity contribution in [3.63, 3.8) is 0 Å². The van der Waals surface area contributed by atoms with E-state index in [1.165, 1.54) is 32.1 Å². The second-order valence-corrected chi connectivity index (χ2v) is 7.21. The first-order valence-corrected chi connectivity index (χ1v) is 8.97. The fraction of sp³-hybridized carbons (Fsp3) is 0.833. The summed E-state index contributed by atoms with van der Waals surface area (Å²) in [6.07, 6.45) is 16.5. The lowest BCUT2D eigenvalue weighted by atomic mass is 9.83. The topological polar surface area (TPSA) is 63.0 Å². The second kappa shape index (κ2) is 7.00. The molecule has 0 aromatic carbocycles. The highest BCUT2D eigenvalue weighted by Gasteiger charge is 2.41. The maximum Gasteiger partial charge on any atom is 0.220 e. The first kappa shape index (κ1) is 16.4. The van der Waals surface area contributed by atoms with Gasteiger partial charge in [0.25, 0.3) is 0 Å². The van der Waals surface area contributed by atoms with E-state index in [0.29, 0.717) is 25.8 Å². The van der Waals surface area contributed by atoms with Crippen LogP contribution in [0.15, 0.2) is 10.2 Å². The van der Waals surface area contributed by atoms with E-state index in [2.05, 4.69) is 21.5 Å². The van der Waals surface area contributed by atoms with Gasteiger partial charge in [0.15, 0.2) is 5.66 Å². The van der Waals surface area contributed by atoms with Gasteiger partial charge in [-0.25, -0.2) is 0 Å². The Kier molecular flexibility index (Phi) is 5.01. The van der Waals surface area contributed by atoms with Crippen LogP contribution in [0.1, 0.15) is 70.6 Å². The molecule has 1 saturated carbocycles. The van der Waals surface area contributed by atoms with Crippen molar-refractivity contribution in [3.8, 4) is 12.3 Å². The van der Waals surface area contributed by atoms with E-state index in [1.54, 1.807) is 0 Å². The van der Waals surface area contributed by atoms with Gasteiger partial charge in [0.2, 0.25) is 5.91 Å². The minimum atomic E-state index is -0.361. The van der Waals surface area contributed by atoms with Gasteiger partial charge in [-0.2, -0.15) is 10.2 Å². The molecule has 126 valence electrons. The largest absolute Gasteiger partial charge is 0.370 e. The fourth-order valence-electron chi connectivity index (χ4n) is 3.90. The number of rotatable bonds is 7. The average Bonchev–Trinajstić information content (AvgIpc) is 3.25. The van der Waals surface area contributed by atoms with Crippen LogP contribution in [0.2, 0.25) is 0 Å². The Morgan fingerprint density at radius 1 is 1.22 bits per heavy atom. The molecule has 1 N–H and O–H groups in total. The molecule has 23 heavy (non-hydrogen) atoms. The Morgan fingerprint density at radius 3 is 2.70 bits per heavy atom. The first-order valence-electron chi connectivity index (χ1n) is 8.97. The molecule has 2 aliphatic heterocycles. The molecule has 1 amide bonds. The molecular formula is C18H27N3O2. The maximum atomic E-state index is 12.0. The Bertz CT molecular complexity index is 497. The summed E-state index contributed by atoms with van der Waals surface area (Å²) in [4.78, 5) is 12.0. The third-order valence-electron chi connectivity index (χ3n) is 5.44. The Balaban J connectivity index is 1.33. The molecular weight excluding hydrogens is 290 g/mol. The van der Waals surface area contributed by atoms with Crippen molar-refractivity contribution in [2.45, 2.75) is 88.0 Å². The molecule has 0 radical (unpaired) electrons. The van der Waals surface area contributed by atoms with Crippen LogP contribution in [0.5, 0.6) is 0 Å². The van der Waals surface area contributed by atoms with Gasteiger partial charge in [-0.05, 0) is 25.7 Å². The van der Waals surface area contributed by atoms with Crippen LogP contribution < -0.4 is 5.32 Å². The number of nitrogens with one attached hydrogen (secondary N) is 1. The number of hydrogen-bond acceptors (Lipinski definition) is 4. The first-order chi connectivity index (χ1) is 11.2. The zero-order valence-electron chi connectivity index (χ0n) is 13.9. The highest BCUT2D eigenvalue weighted by atomic mass is 16.5. The Morgan fingerprint density at radius 2 is 2.00 bits per heavy atom. The summed E-state index contributed by atoms with van der Waals surface area (Å²) in [6.45, 7) is 0.631. The van der Waals surface area contributed by atoms with E-state index in [0.717, 1.165) is 19.3 Å². The fourth-order valence-corrected chi connectivity index (χ4v) is 3.90. The minimum absolute atomic E-state index is 0.0653. The molecule has 5 heteroatoms. The third-order valence-corrected chi connectivity index (χ3v) is 5.44. The second-order valence-electron chi connectivity index (χ2n) is 7.21. The zero-order valence-corrected chi connectivity index (χ0v) is 13.9. The monoisotopic (exact) mass is 317 g/mol. The number of terminal acetylenes is 1. The Hall–Kier alpha value is -1.41. The molecule has 0 aromatic rings. The maximum absolute atomic E-state index is 12.0. The van der Waals surface area contributed by atoms with Crippen LogP contribution in [-0.4, -0.2) is 29.8 Å². The van der Waals surface area contributed by atoms with Gasteiger partial charge in [-0.1, -0.05) is 19.3 Å². The van der Waals surface area contributed by atoms with Gasteiger partial charge in [0.1, 0.15) is 0 Å². The molecule has 3 rings (SSSR count). The molecule has 3 aliphatic rings. The number of amides is 1. The molecule has 0 bridgehead atoms. The summed E-state index contributed by atoms with van der Waals surface area (Å²) in [7, 11) is 0. The third kappa shape index (κ3) is 4.32. The Labute approximate surface area is 138 Å². The van der Waals surface area contributed by atoms with Gasteiger partial charge in [0, 0.05) is 32.2 Å². The van der Waals surface area contributed by atoms with Crippen LogP contribution >= 0.6 is 0 Å². The predicted octanol–water partition coefficient (Wildman–Crippen LogP) is 3.34. The highest BCUT2D eigenvalue weighted by Crippen LogP contribution is 2.41. The number of hydrogen-bond donors (Lipinski definition) is 1. The number of ether oxygens (including phenoxy) is 1. The van der Waals surface area contributed by atoms with E-state index >= 15 is 0 Å². The van der Waals surface area contributed by atoms with Gasteiger partial charge in [0.05, 0.1) is 11.7 Å². The van der Waals surface area contributed by atoms with Crippen LogP contribution in [-0.2, 0) is 9.53 Å². The lowest BCUT2D eigenvalue weighted by molar-refractivity contribution is -0.122. The molecule has 5 nitrogen and oxygen atoms in total.